The largest absolute Gasteiger partial charge is 0.233 e. The second kappa shape index (κ2) is 4.93. The average molecular weight is 257 g/mol. The van der Waals surface area contributed by atoms with Crippen molar-refractivity contribution in [3.8, 4) is 5.13 Å². The molecule has 0 aliphatic heterocycles. The summed E-state index contributed by atoms with van der Waals surface area (Å²) in [4.78, 5) is 0. The summed E-state index contributed by atoms with van der Waals surface area (Å²) in [6.07, 6.45) is 1.87. The van der Waals surface area contributed by atoms with Gasteiger partial charge in [0.05, 0.1) is 11.6 Å². The van der Waals surface area contributed by atoms with Gasteiger partial charge in [0, 0.05) is 5.69 Å². The van der Waals surface area contributed by atoms with Crippen LogP contribution in [0.5, 0.6) is 0 Å². The Bertz CT molecular complexity index is 477. The molecule has 2 aromatic heterocycles. The van der Waals surface area contributed by atoms with E-state index in [4.69, 9.17) is 11.6 Å². The Morgan fingerprint density at radius 1 is 1.31 bits per heavy atom. The van der Waals surface area contributed by atoms with Gasteiger partial charge >= 0.3 is 0 Å². The second-order valence-corrected chi connectivity index (χ2v) is 4.67. The van der Waals surface area contributed by atoms with Crippen LogP contribution in [0.25, 0.3) is 5.13 Å². The first-order valence-electron chi connectivity index (χ1n) is 5.25. The summed E-state index contributed by atoms with van der Waals surface area (Å²) in [6.45, 7) is 4.20. The van der Waals surface area contributed by atoms with E-state index < -0.39 is 0 Å². The zero-order valence-corrected chi connectivity index (χ0v) is 10.8. The molecule has 6 heteroatoms. The van der Waals surface area contributed by atoms with E-state index in [2.05, 4.69) is 35.2 Å². The van der Waals surface area contributed by atoms with Crippen LogP contribution in [0.4, 0.5) is 0 Å². The van der Waals surface area contributed by atoms with E-state index >= 15 is 0 Å². The summed E-state index contributed by atoms with van der Waals surface area (Å²) in [6, 6.07) is 2.11. The highest BCUT2D eigenvalue weighted by Gasteiger charge is 2.11. The molecule has 0 aliphatic rings. The fourth-order valence-electron chi connectivity index (χ4n) is 1.45. The molecular formula is C10H13ClN4S. The predicted octanol–water partition coefficient (Wildman–Crippen LogP) is 2.59. The molecule has 0 aromatic carbocycles. The Hall–Kier alpha value is -0.940. The fourth-order valence-corrected chi connectivity index (χ4v) is 2.34. The summed E-state index contributed by atoms with van der Waals surface area (Å²) in [5.74, 6) is 0.404. The number of hydrogen-bond acceptors (Lipinski definition) is 4. The molecule has 2 aromatic rings. The van der Waals surface area contributed by atoms with E-state index in [1.165, 1.54) is 11.3 Å². The van der Waals surface area contributed by atoms with E-state index in [1.54, 1.807) is 0 Å². The molecule has 0 saturated carbocycles. The zero-order chi connectivity index (χ0) is 11.5. The van der Waals surface area contributed by atoms with Crippen molar-refractivity contribution in [2.24, 2.45) is 0 Å². The quantitative estimate of drug-likeness (QED) is 0.790. The predicted molar refractivity (Wildman–Crippen MR) is 65.3 cm³/mol. The third kappa shape index (κ3) is 2.10. The standard InChI is InChI=1S/C10H13ClN4S/c1-3-7-5-8(4-2)15(14-7)10-13-12-9(6-11)16-10/h5H,3-4,6H2,1-2H3. The molecule has 2 heterocycles. The van der Waals surface area contributed by atoms with Crippen molar-refractivity contribution >= 4 is 22.9 Å². The summed E-state index contributed by atoms with van der Waals surface area (Å²) in [5.41, 5.74) is 2.24. The second-order valence-electron chi connectivity index (χ2n) is 3.36. The Labute approximate surface area is 103 Å². The van der Waals surface area contributed by atoms with Gasteiger partial charge in [-0.25, -0.2) is 4.68 Å². The van der Waals surface area contributed by atoms with Gasteiger partial charge in [-0.1, -0.05) is 25.2 Å². The van der Waals surface area contributed by atoms with Crippen LogP contribution in [0.15, 0.2) is 6.07 Å². The molecule has 0 aliphatic carbocycles. The van der Waals surface area contributed by atoms with Gasteiger partial charge in [0.15, 0.2) is 0 Å². The van der Waals surface area contributed by atoms with Crippen LogP contribution in [0.3, 0.4) is 0 Å². The van der Waals surface area contributed by atoms with E-state index in [-0.39, 0.29) is 0 Å². The van der Waals surface area contributed by atoms with Gasteiger partial charge in [0.1, 0.15) is 5.01 Å². The molecule has 0 amide bonds. The maximum atomic E-state index is 5.71. The lowest BCUT2D eigenvalue weighted by molar-refractivity contribution is 0.774. The van der Waals surface area contributed by atoms with Gasteiger partial charge in [-0.3, -0.25) is 0 Å². The number of rotatable bonds is 4. The molecule has 0 atom stereocenters. The van der Waals surface area contributed by atoms with E-state index in [0.717, 1.165) is 34.4 Å². The van der Waals surface area contributed by atoms with Gasteiger partial charge in [-0.15, -0.1) is 21.8 Å². The van der Waals surface area contributed by atoms with E-state index in [0.29, 0.717) is 5.88 Å². The molecule has 0 radical (unpaired) electrons. The van der Waals surface area contributed by atoms with E-state index in [9.17, 15) is 0 Å². The number of alkyl halides is 1. The summed E-state index contributed by atoms with van der Waals surface area (Å²) in [5, 5.41) is 14.2. The summed E-state index contributed by atoms with van der Waals surface area (Å²) >= 11 is 7.20. The van der Waals surface area contributed by atoms with Crippen LogP contribution < -0.4 is 0 Å². The summed E-state index contributed by atoms with van der Waals surface area (Å²) in [7, 11) is 0. The summed E-state index contributed by atoms with van der Waals surface area (Å²) < 4.78 is 1.87. The monoisotopic (exact) mass is 256 g/mol. The first kappa shape index (κ1) is 11.5. The average Bonchev–Trinajstić information content (AvgIpc) is 2.94. The normalized spacial score (nSPS) is 10.9. The minimum absolute atomic E-state index is 0.404. The maximum Gasteiger partial charge on any atom is 0.233 e. The molecule has 0 spiro atoms. The maximum absolute atomic E-state index is 5.71. The molecule has 0 unspecified atom stereocenters. The van der Waals surface area contributed by atoms with Crippen LogP contribution in [0.2, 0.25) is 0 Å². The van der Waals surface area contributed by atoms with Crippen molar-refractivity contribution in [3.63, 3.8) is 0 Å². The molecule has 4 nitrogen and oxygen atoms in total. The Morgan fingerprint density at radius 3 is 2.69 bits per heavy atom. The van der Waals surface area contributed by atoms with Crippen molar-refractivity contribution in [3.05, 3.63) is 22.5 Å². The molecule has 86 valence electrons. The molecule has 0 N–H and O–H groups in total. The van der Waals surface area contributed by atoms with Gasteiger partial charge in [-0.05, 0) is 18.9 Å². The first-order chi connectivity index (χ1) is 7.78. The van der Waals surface area contributed by atoms with Crippen molar-refractivity contribution in [1.29, 1.82) is 0 Å². The topological polar surface area (TPSA) is 43.6 Å². The third-order valence-corrected chi connectivity index (χ3v) is 3.62. The van der Waals surface area contributed by atoms with Crippen LogP contribution in [-0.2, 0) is 18.7 Å². The Morgan fingerprint density at radius 2 is 2.12 bits per heavy atom. The highest BCUT2D eigenvalue weighted by molar-refractivity contribution is 7.13. The van der Waals surface area contributed by atoms with Gasteiger partial charge in [0.2, 0.25) is 5.13 Å². The third-order valence-electron chi connectivity index (χ3n) is 2.31. The Balaban J connectivity index is 2.41. The number of aryl methyl sites for hydroxylation is 2. The minimum atomic E-state index is 0.404. The van der Waals surface area contributed by atoms with Crippen LogP contribution >= 0.6 is 22.9 Å². The number of hydrogen-bond donors (Lipinski definition) is 0. The van der Waals surface area contributed by atoms with Crippen LogP contribution in [0.1, 0.15) is 30.2 Å². The van der Waals surface area contributed by atoms with Crippen LogP contribution in [0, 0.1) is 0 Å². The van der Waals surface area contributed by atoms with Gasteiger partial charge < -0.3 is 0 Å². The molecule has 16 heavy (non-hydrogen) atoms. The minimum Gasteiger partial charge on any atom is -0.209 e. The number of halogens is 1. The fraction of sp³-hybridized carbons (Fsp3) is 0.500. The first-order valence-corrected chi connectivity index (χ1v) is 6.60. The zero-order valence-electron chi connectivity index (χ0n) is 9.27. The highest BCUT2D eigenvalue weighted by Crippen LogP contribution is 2.19. The van der Waals surface area contributed by atoms with Gasteiger partial charge in [-0.2, -0.15) is 5.10 Å². The number of aromatic nitrogens is 4. The smallest absolute Gasteiger partial charge is 0.209 e. The molecule has 0 fully saturated rings. The molecule has 2 rings (SSSR count). The van der Waals surface area contributed by atoms with Crippen molar-refractivity contribution in [2.45, 2.75) is 32.6 Å². The van der Waals surface area contributed by atoms with Crippen LogP contribution in [-0.4, -0.2) is 20.0 Å². The number of nitrogens with zero attached hydrogens (tertiary/aromatic N) is 4. The highest BCUT2D eigenvalue weighted by atomic mass is 35.5. The lowest BCUT2D eigenvalue weighted by atomic mass is 10.3. The van der Waals surface area contributed by atoms with Crippen molar-refractivity contribution in [1.82, 2.24) is 20.0 Å². The SMILES string of the molecule is CCc1cc(CC)n(-c2nnc(CCl)s2)n1. The van der Waals surface area contributed by atoms with E-state index in [1.807, 2.05) is 4.68 Å². The molecule has 0 saturated heterocycles. The Kier molecular flexibility index (Phi) is 3.56. The molecular weight excluding hydrogens is 244 g/mol. The lowest BCUT2D eigenvalue weighted by Gasteiger charge is -1.98. The van der Waals surface area contributed by atoms with Crippen molar-refractivity contribution in [2.75, 3.05) is 0 Å². The lowest BCUT2D eigenvalue weighted by Crippen LogP contribution is -2.00. The van der Waals surface area contributed by atoms with Crippen molar-refractivity contribution < 1.29 is 0 Å². The van der Waals surface area contributed by atoms with Gasteiger partial charge in [0.25, 0.3) is 0 Å². The molecule has 0 bridgehead atoms.